The number of fused-ring (bicyclic) bond motifs is 1. The van der Waals surface area contributed by atoms with Crippen LogP contribution in [0.3, 0.4) is 0 Å². The van der Waals surface area contributed by atoms with E-state index in [0.717, 1.165) is 25.7 Å². The average molecular weight is 438 g/mol. The van der Waals surface area contributed by atoms with Crippen LogP contribution < -0.4 is 16.6 Å². The summed E-state index contributed by atoms with van der Waals surface area (Å²) in [4.78, 5) is 38.3. The number of halogens is 1. The highest BCUT2D eigenvalue weighted by Gasteiger charge is 2.17. The molecular weight excluding hydrogens is 409 g/mol. The highest BCUT2D eigenvalue weighted by atomic mass is 19.1. The van der Waals surface area contributed by atoms with E-state index in [9.17, 15) is 18.8 Å². The fourth-order valence-electron chi connectivity index (χ4n) is 4.46. The summed E-state index contributed by atoms with van der Waals surface area (Å²) >= 11 is 0. The molecular formula is C25H28FN3O3. The number of amides is 1. The molecule has 1 heterocycles. The van der Waals surface area contributed by atoms with Crippen LogP contribution >= 0.6 is 0 Å². The van der Waals surface area contributed by atoms with E-state index >= 15 is 0 Å². The molecule has 1 aliphatic carbocycles. The molecule has 0 atom stereocenters. The Bertz CT molecular complexity index is 1230. The molecule has 0 spiro atoms. The monoisotopic (exact) mass is 437 g/mol. The molecule has 3 aromatic rings. The zero-order valence-corrected chi connectivity index (χ0v) is 18.1. The van der Waals surface area contributed by atoms with Crippen LogP contribution in [-0.2, 0) is 17.9 Å². The van der Waals surface area contributed by atoms with E-state index < -0.39 is 5.69 Å². The number of nitrogens with one attached hydrogen (secondary N) is 1. The van der Waals surface area contributed by atoms with E-state index in [4.69, 9.17) is 0 Å². The molecule has 0 bridgehead atoms. The maximum Gasteiger partial charge on any atom is 0.331 e. The number of hydrogen-bond acceptors (Lipinski definition) is 3. The smallest absolute Gasteiger partial charge is 0.331 e. The van der Waals surface area contributed by atoms with Crippen molar-refractivity contribution in [2.75, 3.05) is 0 Å². The lowest BCUT2D eigenvalue weighted by Crippen LogP contribution is -2.40. The number of benzene rings is 2. The number of hydrogen-bond donors (Lipinski definition) is 1. The third kappa shape index (κ3) is 4.98. The third-order valence-corrected chi connectivity index (χ3v) is 6.12. The minimum Gasteiger partial charge on any atom is -0.353 e. The molecule has 0 unspecified atom stereocenters. The second-order valence-electron chi connectivity index (χ2n) is 8.48. The highest BCUT2D eigenvalue weighted by Crippen LogP contribution is 2.18. The van der Waals surface area contributed by atoms with Crippen LogP contribution in [0.1, 0.15) is 50.5 Å². The van der Waals surface area contributed by atoms with Crippen molar-refractivity contribution in [1.82, 2.24) is 14.5 Å². The Morgan fingerprint density at radius 1 is 1.00 bits per heavy atom. The first-order valence-corrected chi connectivity index (χ1v) is 11.3. The zero-order valence-electron chi connectivity index (χ0n) is 18.1. The Labute approximate surface area is 185 Å². The van der Waals surface area contributed by atoms with E-state index in [2.05, 4.69) is 5.32 Å². The maximum atomic E-state index is 13.7. The maximum absolute atomic E-state index is 13.7. The summed E-state index contributed by atoms with van der Waals surface area (Å²) in [6, 6.07) is 13.4. The minimum absolute atomic E-state index is 0.0336. The molecule has 32 heavy (non-hydrogen) atoms. The van der Waals surface area contributed by atoms with Crippen molar-refractivity contribution in [3.8, 4) is 0 Å². The standard InChI is InChI=1S/C25H28FN3O3/c26-19-9-7-8-18(16-19)17-29-22-13-4-3-12-21(22)24(31)28(25(29)32)15-6-5-14-23(30)27-20-10-1-2-11-20/h3-4,7-9,12-13,16,20H,1-2,5-6,10-11,14-15,17H2,(H,27,30). The topological polar surface area (TPSA) is 73.1 Å². The average Bonchev–Trinajstić information content (AvgIpc) is 3.29. The second-order valence-corrected chi connectivity index (χ2v) is 8.48. The second kappa shape index (κ2) is 9.94. The first kappa shape index (κ1) is 22.0. The van der Waals surface area contributed by atoms with Gasteiger partial charge in [0.1, 0.15) is 5.82 Å². The Morgan fingerprint density at radius 3 is 2.56 bits per heavy atom. The predicted molar refractivity (Wildman–Crippen MR) is 122 cm³/mol. The number of nitrogens with zero attached hydrogens (tertiary/aromatic N) is 2. The molecule has 1 N–H and O–H groups in total. The lowest BCUT2D eigenvalue weighted by Gasteiger charge is -2.15. The molecule has 7 heteroatoms. The molecule has 4 rings (SSSR count). The van der Waals surface area contributed by atoms with Gasteiger partial charge < -0.3 is 5.32 Å². The van der Waals surface area contributed by atoms with Crippen LogP contribution in [0.2, 0.25) is 0 Å². The summed E-state index contributed by atoms with van der Waals surface area (Å²) < 4.78 is 16.4. The van der Waals surface area contributed by atoms with Crippen LogP contribution in [0, 0.1) is 5.82 Å². The van der Waals surface area contributed by atoms with E-state index in [0.29, 0.717) is 41.8 Å². The predicted octanol–water partition coefficient (Wildman–Crippen LogP) is 3.58. The van der Waals surface area contributed by atoms with Gasteiger partial charge in [-0.3, -0.25) is 18.7 Å². The van der Waals surface area contributed by atoms with Gasteiger partial charge in [-0.1, -0.05) is 37.1 Å². The molecule has 1 amide bonds. The molecule has 1 fully saturated rings. The lowest BCUT2D eigenvalue weighted by molar-refractivity contribution is -0.121. The van der Waals surface area contributed by atoms with Crippen LogP contribution in [0.15, 0.2) is 58.1 Å². The van der Waals surface area contributed by atoms with Crippen molar-refractivity contribution >= 4 is 16.8 Å². The van der Waals surface area contributed by atoms with Crippen LogP contribution in [-0.4, -0.2) is 21.1 Å². The summed E-state index contributed by atoms with van der Waals surface area (Å²) in [7, 11) is 0. The van der Waals surface area contributed by atoms with Gasteiger partial charge in [-0.15, -0.1) is 0 Å². The molecule has 0 saturated heterocycles. The first-order chi connectivity index (χ1) is 15.5. The molecule has 0 aliphatic heterocycles. The van der Waals surface area contributed by atoms with Gasteiger partial charge in [0.2, 0.25) is 5.91 Å². The molecule has 0 radical (unpaired) electrons. The van der Waals surface area contributed by atoms with Gasteiger partial charge >= 0.3 is 5.69 Å². The number of aromatic nitrogens is 2. The Balaban J connectivity index is 1.51. The number of carbonyl (C=O) groups is 1. The largest absolute Gasteiger partial charge is 0.353 e. The van der Waals surface area contributed by atoms with Crippen molar-refractivity contribution in [2.45, 2.75) is 64.1 Å². The summed E-state index contributed by atoms with van der Waals surface area (Å²) in [5, 5.41) is 3.51. The zero-order chi connectivity index (χ0) is 22.5. The SMILES string of the molecule is O=C(CCCCn1c(=O)c2ccccc2n(Cc2cccc(F)c2)c1=O)NC1CCCC1. The molecule has 6 nitrogen and oxygen atoms in total. The molecule has 1 saturated carbocycles. The third-order valence-electron chi connectivity index (χ3n) is 6.12. The van der Waals surface area contributed by atoms with Crippen molar-refractivity contribution in [1.29, 1.82) is 0 Å². The van der Waals surface area contributed by atoms with E-state index in [-0.39, 0.29) is 30.4 Å². The number of unbranched alkanes of at least 4 members (excludes halogenated alkanes) is 1. The Morgan fingerprint density at radius 2 is 1.78 bits per heavy atom. The van der Waals surface area contributed by atoms with Gasteiger partial charge in [-0.25, -0.2) is 9.18 Å². The summed E-state index contributed by atoms with van der Waals surface area (Å²) in [6.07, 6.45) is 5.95. The normalized spacial score (nSPS) is 14.2. The lowest BCUT2D eigenvalue weighted by atomic mass is 10.2. The number of carbonyl (C=O) groups excluding carboxylic acids is 1. The van der Waals surface area contributed by atoms with Crippen LogP contribution in [0.25, 0.3) is 10.9 Å². The van der Waals surface area contributed by atoms with Crippen LogP contribution in [0.4, 0.5) is 4.39 Å². The van der Waals surface area contributed by atoms with Crippen molar-refractivity contribution < 1.29 is 9.18 Å². The molecule has 2 aromatic carbocycles. The van der Waals surface area contributed by atoms with E-state index in [1.165, 1.54) is 21.3 Å². The summed E-state index contributed by atoms with van der Waals surface area (Å²) in [5.74, 6) is -0.338. The van der Waals surface area contributed by atoms with Crippen molar-refractivity contribution in [3.05, 3.63) is 80.7 Å². The van der Waals surface area contributed by atoms with Gasteiger partial charge in [0.15, 0.2) is 0 Å². The minimum atomic E-state index is -0.423. The van der Waals surface area contributed by atoms with Gasteiger partial charge in [0, 0.05) is 19.0 Å². The van der Waals surface area contributed by atoms with E-state index in [1.807, 2.05) is 0 Å². The Kier molecular flexibility index (Phi) is 6.83. The molecule has 1 aromatic heterocycles. The van der Waals surface area contributed by atoms with Gasteiger partial charge in [-0.05, 0) is 55.5 Å². The number of rotatable bonds is 8. The van der Waals surface area contributed by atoms with Gasteiger partial charge in [0.05, 0.1) is 17.4 Å². The van der Waals surface area contributed by atoms with Crippen molar-refractivity contribution in [3.63, 3.8) is 0 Å². The first-order valence-electron chi connectivity index (χ1n) is 11.3. The fraction of sp³-hybridized carbons (Fsp3) is 0.400. The van der Waals surface area contributed by atoms with E-state index in [1.54, 1.807) is 36.4 Å². The summed E-state index contributed by atoms with van der Waals surface area (Å²) in [5.41, 5.74) is 0.412. The highest BCUT2D eigenvalue weighted by molar-refractivity contribution is 5.78. The molecule has 1 aliphatic rings. The van der Waals surface area contributed by atoms with Crippen LogP contribution in [0.5, 0.6) is 0 Å². The van der Waals surface area contributed by atoms with Crippen molar-refractivity contribution in [2.24, 2.45) is 0 Å². The fourth-order valence-corrected chi connectivity index (χ4v) is 4.46. The quantitative estimate of drug-likeness (QED) is 0.548. The summed E-state index contributed by atoms with van der Waals surface area (Å²) in [6.45, 7) is 0.406. The van der Waals surface area contributed by atoms with Gasteiger partial charge in [-0.2, -0.15) is 0 Å². The number of para-hydroxylation sites is 1. The molecule has 168 valence electrons. The Hall–Kier alpha value is -3.22. The van der Waals surface area contributed by atoms with Gasteiger partial charge in [0.25, 0.3) is 5.56 Å².